The molecule has 44 heavy (non-hydrogen) atoms. The molecule has 1 unspecified atom stereocenters. The van der Waals surface area contributed by atoms with Gasteiger partial charge >= 0.3 is 0 Å². The van der Waals surface area contributed by atoms with Gasteiger partial charge in [0.05, 0.1) is 19.1 Å². The zero-order valence-electron chi connectivity index (χ0n) is 25.5. The molecule has 0 radical (unpaired) electrons. The molecule has 0 heterocycles. The number of methoxy groups -OCH3 is 1. The highest BCUT2D eigenvalue weighted by atomic mass is 79.9. The SMILES string of the molecule is COc1cccc(N(CCCC(=O)N(Cc2cccc(Br)c2)C(Cc2ccccc2)C(=O)NC2CCCCC2)S(C)(=O)=O)c1. The standard InChI is InChI=1S/C34H42BrN3O5S/c1-43-31-19-10-18-30(24-31)38(44(2,41)42)21-11-20-33(39)37(25-27-14-9-15-28(35)22-27)32(23-26-12-5-3-6-13-26)34(40)36-29-16-7-4-8-17-29/h3,5-6,9-10,12-15,18-19,22,24,29,32H,4,7-8,11,16-17,20-21,23,25H2,1-2H3,(H,36,40). The van der Waals surface area contributed by atoms with Crippen LogP contribution in [0.1, 0.15) is 56.1 Å². The predicted molar refractivity (Wildman–Crippen MR) is 178 cm³/mol. The third-order valence-corrected chi connectivity index (χ3v) is 9.65. The fourth-order valence-electron chi connectivity index (χ4n) is 5.70. The number of nitrogens with one attached hydrogen (secondary N) is 1. The maximum absolute atomic E-state index is 14.1. The highest BCUT2D eigenvalue weighted by Gasteiger charge is 2.32. The highest BCUT2D eigenvalue weighted by molar-refractivity contribution is 9.10. The molecule has 0 spiro atoms. The van der Waals surface area contributed by atoms with E-state index in [-0.39, 0.29) is 43.8 Å². The van der Waals surface area contributed by atoms with Gasteiger partial charge in [0.15, 0.2) is 0 Å². The van der Waals surface area contributed by atoms with Crippen molar-refractivity contribution in [3.05, 3.63) is 94.5 Å². The van der Waals surface area contributed by atoms with Crippen molar-refractivity contribution in [3.8, 4) is 5.75 Å². The minimum Gasteiger partial charge on any atom is -0.497 e. The molecule has 236 valence electrons. The van der Waals surface area contributed by atoms with E-state index in [9.17, 15) is 18.0 Å². The molecule has 3 aromatic rings. The molecule has 3 aromatic carbocycles. The summed E-state index contributed by atoms with van der Waals surface area (Å²) in [6.45, 7) is 0.361. The van der Waals surface area contributed by atoms with Gasteiger partial charge in [0.1, 0.15) is 11.8 Å². The third kappa shape index (κ3) is 9.82. The number of sulfonamides is 1. The maximum atomic E-state index is 14.1. The second-order valence-electron chi connectivity index (χ2n) is 11.3. The first-order valence-electron chi connectivity index (χ1n) is 15.1. The number of anilines is 1. The zero-order valence-corrected chi connectivity index (χ0v) is 27.9. The van der Waals surface area contributed by atoms with Crippen LogP contribution in [0.2, 0.25) is 0 Å². The lowest BCUT2D eigenvalue weighted by molar-refractivity contribution is -0.141. The smallest absolute Gasteiger partial charge is 0.243 e. The first-order chi connectivity index (χ1) is 21.1. The van der Waals surface area contributed by atoms with Gasteiger partial charge in [-0.05, 0) is 54.7 Å². The van der Waals surface area contributed by atoms with Crippen molar-refractivity contribution in [1.29, 1.82) is 0 Å². The van der Waals surface area contributed by atoms with Gasteiger partial charge < -0.3 is 15.0 Å². The minimum atomic E-state index is -3.62. The quantitative estimate of drug-likeness (QED) is 0.222. The van der Waals surface area contributed by atoms with Gasteiger partial charge in [-0.25, -0.2) is 8.42 Å². The van der Waals surface area contributed by atoms with Crippen LogP contribution in [0.4, 0.5) is 5.69 Å². The molecule has 0 saturated heterocycles. The van der Waals surface area contributed by atoms with Crippen LogP contribution >= 0.6 is 15.9 Å². The molecule has 1 fully saturated rings. The van der Waals surface area contributed by atoms with E-state index >= 15 is 0 Å². The first-order valence-corrected chi connectivity index (χ1v) is 17.8. The molecule has 0 bridgehead atoms. The number of rotatable bonds is 14. The summed E-state index contributed by atoms with van der Waals surface area (Å²) in [5.41, 5.74) is 2.33. The van der Waals surface area contributed by atoms with Crippen LogP contribution in [0.25, 0.3) is 0 Å². The molecule has 1 aliphatic rings. The van der Waals surface area contributed by atoms with Gasteiger partial charge in [0, 0.05) is 42.5 Å². The summed E-state index contributed by atoms with van der Waals surface area (Å²) < 4.78 is 32.9. The Balaban J connectivity index is 1.59. The number of halogens is 1. The van der Waals surface area contributed by atoms with Gasteiger partial charge in [-0.1, -0.05) is 83.7 Å². The van der Waals surface area contributed by atoms with Gasteiger partial charge in [-0.2, -0.15) is 0 Å². The van der Waals surface area contributed by atoms with Crippen LogP contribution in [-0.2, 0) is 32.6 Å². The third-order valence-electron chi connectivity index (χ3n) is 7.96. The zero-order chi connectivity index (χ0) is 31.5. The second kappa shape index (κ2) is 16.1. The fourth-order valence-corrected chi connectivity index (χ4v) is 7.10. The monoisotopic (exact) mass is 683 g/mol. The molecular weight excluding hydrogens is 642 g/mol. The number of amides is 2. The summed E-state index contributed by atoms with van der Waals surface area (Å²) in [5, 5.41) is 3.26. The van der Waals surface area contributed by atoms with Crippen molar-refractivity contribution < 1.29 is 22.7 Å². The van der Waals surface area contributed by atoms with Crippen molar-refractivity contribution in [1.82, 2.24) is 10.2 Å². The molecular formula is C34H42BrN3O5S. The average Bonchev–Trinajstić information content (AvgIpc) is 3.01. The van der Waals surface area contributed by atoms with Crippen LogP contribution in [-0.4, -0.2) is 57.1 Å². The largest absolute Gasteiger partial charge is 0.497 e. The Morgan fingerprint density at radius 1 is 0.955 bits per heavy atom. The van der Waals surface area contributed by atoms with Crippen molar-refractivity contribution >= 4 is 43.5 Å². The van der Waals surface area contributed by atoms with Gasteiger partial charge in [-0.3, -0.25) is 13.9 Å². The normalized spacial score (nSPS) is 14.4. The van der Waals surface area contributed by atoms with Crippen molar-refractivity contribution in [3.63, 3.8) is 0 Å². The topological polar surface area (TPSA) is 96.0 Å². The van der Waals surface area contributed by atoms with Crippen LogP contribution in [0.5, 0.6) is 5.75 Å². The number of ether oxygens (including phenoxy) is 1. The lowest BCUT2D eigenvalue weighted by Crippen LogP contribution is -2.52. The molecule has 2 amide bonds. The van der Waals surface area contributed by atoms with E-state index in [2.05, 4.69) is 21.2 Å². The summed E-state index contributed by atoms with van der Waals surface area (Å²) in [7, 11) is -2.09. The summed E-state index contributed by atoms with van der Waals surface area (Å²) in [6.07, 6.45) is 7.10. The maximum Gasteiger partial charge on any atom is 0.243 e. The van der Waals surface area contributed by atoms with Crippen molar-refractivity contribution in [2.75, 3.05) is 24.2 Å². The first kappa shape index (κ1) is 33.5. The van der Waals surface area contributed by atoms with Crippen LogP contribution in [0, 0.1) is 0 Å². The predicted octanol–water partition coefficient (Wildman–Crippen LogP) is 6.09. The molecule has 10 heteroatoms. The van der Waals surface area contributed by atoms with E-state index in [0.717, 1.165) is 47.5 Å². The van der Waals surface area contributed by atoms with E-state index < -0.39 is 16.1 Å². The van der Waals surface area contributed by atoms with Gasteiger partial charge in [-0.15, -0.1) is 0 Å². The molecule has 1 N–H and O–H groups in total. The molecule has 0 aliphatic heterocycles. The molecule has 8 nitrogen and oxygen atoms in total. The summed E-state index contributed by atoms with van der Waals surface area (Å²) >= 11 is 3.53. The number of carbonyl (C=O) groups excluding carboxylic acids is 2. The van der Waals surface area contributed by atoms with Crippen LogP contribution in [0.3, 0.4) is 0 Å². The molecule has 4 rings (SSSR count). The number of carbonyl (C=O) groups is 2. The lowest BCUT2D eigenvalue weighted by Gasteiger charge is -2.34. The Bertz CT molecular complexity index is 1500. The van der Waals surface area contributed by atoms with Crippen molar-refractivity contribution in [2.45, 2.75) is 70.0 Å². The Morgan fingerprint density at radius 2 is 1.66 bits per heavy atom. The average molecular weight is 685 g/mol. The highest BCUT2D eigenvalue weighted by Crippen LogP contribution is 2.25. The van der Waals surface area contributed by atoms with E-state index in [1.807, 2.05) is 54.6 Å². The Hall–Kier alpha value is -3.37. The van der Waals surface area contributed by atoms with E-state index in [4.69, 9.17) is 4.74 Å². The van der Waals surface area contributed by atoms with E-state index in [1.54, 1.807) is 29.2 Å². The number of benzene rings is 3. The van der Waals surface area contributed by atoms with E-state index in [1.165, 1.54) is 17.8 Å². The van der Waals surface area contributed by atoms with Crippen molar-refractivity contribution in [2.24, 2.45) is 0 Å². The Labute approximate surface area is 270 Å². The fraction of sp³-hybridized carbons (Fsp3) is 0.412. The molecule has 1 atom stereocenters. The number of hydrogen-bond acceptors (Lipinski definition) is 5. The summed E-state index contributed by atoms with van der Waals surface area (Å²) in [5.74, 6) is 0.183. The Morgan fingerprint density at radius 3 is 2.34 bits per heavy atom. The second-order valence-corrected chi connectivity index (χ2v) is 14.2. The minimum absolute atomic E-state index is 0.0754. The summed E-state index contributed by atoms with van der Waals surface area (Å²) in [4.78, 5) is 29.7. The lowest BCUT2D eigenvalue weighted by atomic mass is 9.94. The molecule has 1 aliphatic carbocycles. The van der Waals surface area contributed by atoms with Gasteiger partial charge in [0.2, 0.25) is 21.8 Å². The summed E-state index contributed by atoms with van der Waals surface area (Å²) in [6, 6.07) is 23.7. The van der Waals surface area contributed by atoms with E-state index in [0.29, 0.717) is 17.9 Å². The Kier molecular flexibility index (Phi) is 12.3. The molecule has 1 saturated carbocycles. The number of nitrogens with zero attached hydrogens (tertiary/aromatic N) is 2. The van der Waals surface area contributed by atoms with Gasteiger partial charge in [0.25, 0.3) is 0 Å². The molecule has 0 aromatic heterocycles. The number of hydrogen-bond donors (Lipinski definition) is 1. The van der Waals surface area contributed by atoms with Crippen LogP contribution in [0.15, 0.2) is 83.3 Å². The van der Waals surface area contributed by atoms with Crippen LogP contribution < -0.4 is 14.4 Å².